The monoisotopic (exact) mass is 393 g/mol. The first kappa shape index (κ1) is 17.3. The fraction of sp³-hybridized carbons (Fsp3) is 0.667. The Balaban J connectivity index is 1.54. The Morgan fingerprint density at radius 1 is 1.12 bits per heavy atom. The van der Waals surface area contributed by atoms with Crippen LogP contribution in [0.5, 0.6) is 0 Å². The van der Waals surface area contributed by atoms with E-state index in [1.807, 2.05) is 26.0 Å². The van der Waals surface area contributed by atoms with Crippen LogP contribution in [0.3, 0.4) is 0 Å². The fourth-order valence-electron chi connectivity index (χ4n) is 6.84. The van der Waals surface area contributed by atoms with Crippen molar-refractivity contribution >= 4 is 29.1 Å². The van der Waals surface area contributed by atoms with E-state index in [1.54, 1.807) is 6.07 Å². The number of aliphatic hydroxyl groups is 1. The quantitative estimate of drug-likeness (QED) is 0.729. The van der Waals surface area contributed by atoms with Crippen molar-refractivity contribution < 1.29 is 9.90 Å². The van der Waals surface area contributed by atoms with Crippen LogP contribution in [0.15, 0.2) is 18.2 Å². The summed E-state index contributed by atoms with van der Waals surface area (Å²) < 4.78 is 0. The second kappa shape index (κ2) is 5.40. The van der Waals surface area contributed by atoms with Crippen LogP contribution in [0.1, 0.15) is 57.6 Å². The Morgan fingerprint density at radius 2 is 1.77 bits per heavy atom. The molecule has 5 heteroatoms. The van der Waals surface area contributed by atoms with Gasteiger partial charge >= 0.3 is 0 Å². The van der Waals surface area contributed by atoms with Gasteiger partial charge in [-0.3, -0.25) is 4.79 Å². The number of halogens is 2. The Bertz CT molecular complexity index is 776. The summed E-state index contributed by atoms with van der Waals surface area (Å²) in [5.41, 5.74) is -0.00392. The van der Waals surface area contributed by atoms with Crippen LogP contribution in [-0.2, 0) is 4.79 Å². The largest absolute Gasteiger partial charge is 0.390 e. The van der Waals surface area contributed by atoms with Gasteiger partial charge in [0, 0.05) is 6.04 Å². The predicted molar refractivity (Wildman–Crippen MR) is 102 cm³/mol. The molecule has 4 aliphatic carbocycles. The number of likely N-dealkylation sites (tertiary alicyclic amines) is 1. The number of amides is 1. The van der Waals surface area contributed by atoms with Crippen molar-refractivity contribution in [1.29, 1.82) is 0 Å². The van der Waals surface area contributed by atoms with Crippen LogP contribution >= 0.6 is 23.2 Å². The lowest BCUT2D eigenvalue weighted by molar-refractivity contribution is -0.208. The topological polar surface area (TPSA) is 40.5 Å². The second-order valence-electron chi connectivity index (χ2n) is 9.66. The highest BCUT2D eigenvalue weighted by molar-refractivity contribution is 6.42. The van der Waals surface area contributed by atoms with Crippen molar-refractivity contribution in [2.24, 2.45) is 23.2 Å². The highest BCUT2D eigenvalue weighted by Crippen LogP contribution is 2.62. The standard InChI is InChI=1S/C21H25Cl2NO2/c1-20(2)18(14-4-3-5-15(22)16(14)23)24(19(20)25)17-12-6-11-7-13(17)10-21(26,8-11)9-12/h3-5,11-13,17-18,26H,6-10H2,1-2H3. The highest BCUT2D eigenvalue weighted by atomic mass is 35.5. The third kappa shape index (κ3) is 2.20. The molecule has 0 aromatic heterocycles. The number of carbonyl (C=O) groups excluding carboxylic acids is 1. The Kier molecular flexibility index (Phi) is 3.60. The molecule has 4 bridgehead atoms. The van der Waals surface area contributed by atoms with Gasteiger partial charge in [-0.2, -0.15) is 0 Å². The summed E-state index contributed by atoms with van der Waals surface area (Å²) in [6.45, 7) is 4.02. The van der Waals surface area contributed by atoms with Crippen LogP contribution in [0.2, 0.25) is 10.0 Å². The van der Waals surface area contributed by atoms with E-state index in [4.69, 9.17) is 23.2 Å². The van der Waals surface area contributed by atoms with Crippen molar-refractivity contribution in [2.45, 2.75) is 63.6 Å². The average Bonchev–Trinajstić information content (AvgIpc) is 2.55. The molecule has 1 heterocycles. The van der Waals surface area contributed by atoms with E-state index in [-0.39, 0.29) is 18.0 Å². The van der Waals surface area contributed by atoms with Gasteiger partial charge < -0.3 is 10.0 Å². The maximum atomic E-state index is 13.2. The molecule has 5 aliphatic rings. The van der Waals surface area contributed by atoms with Crippen molar-refractivity contribution in [2.75, 3.05) is 0 Å². The maximum Gasteiger partial charge on any atom is 0.231 e. The zero-order valence-corrected chi connectivity index (χ0v) is 16.7. The minimum atomic E-state index is -0.486. The molecule has 1 aromatic rings. The molecule has 1 aliphatic heterocycles. The SMILES string of the molecule is CC1(C)C(=O)N(C2C3CC4CC2CC(O)(C4)C3)C1c1cccc(Cl)c1Cl. The van der Waals surface area contributed by atoms with Gasteiger partial charge in [0.05, 0.1) is 27.1 Å². The average molecular weight is 394 g/mol. The maximum absolute atomic E-state index is 13.2. The molecule has 4 saturated carbocycles. The van der Waals surface area contributed by atoms with Crippen molar-refractivity contribution in [3.63, 3.8) is 0 Å². The smallest absolute Gasteiger partial charge is 0.231 e. The van der Waals surface area contributed by atoms with E-state index in [1.165, 1.54) is 0 Å². The van der Waals surface area contributed by atoms with Gasteiger partial charge in [0.15, 0.2) is 0 Å². The van der Waals surface area contributed by atoms with Crippen molar-refractivity contribution in [3.05, 3.63) is 33.8 Å². The number of rotatable bonds is 2. The lowest BCUT2D eigenvalue weighted by atomic mass is 9.50. The zero-order chi connectivity index (χ0) is 18.4. The van der Waals surface area contributed by atoms with E-state index >= 15 is 0 Å². The summed E-state index contributed by atoms with van der Waals surface area (Å²) in [6, 6.07) is 5.90. The van der Waals surface area contributed by atoms with Gasteiger partial charge in [0.25, 0.3) is 0 Å². The summed E-state index contributed by atoms with van der Waals surface area (Å²) in [6.07, 6.45) is 4.92. The third-order valence-corrected chi connectivity index (χ3v) is 8.37. The second-order valence-corrected chi connectivity index (χ2v) is 10.4. The molecule has 26 heavy (non-hydrogen) atoms. The molecule has 3 unspecified atom stereocenters. The molecule has 1 N–H and O–H groups in total. The number of nitrogens with zero attached hydrogens (tertiary/aromatic N) is 1. The Labute approximate surface area is 164 Å². The number of β-lactam (4-membered cyclic amide) rings is 1. The first-order chi connectivity index (χ1) is 12.2. The van der Waals surface area contributed by atoms with E-state index in [0.29, 0.717) is 27.8 Å². The van der Waals surface area contributed by atoms with Crippen molar-refractivity contribution in [1.82, 2.24) is 4.90 Å². The summed E-state index contributed by atoms with van der Waals surface area (Å²) >= 11 is 12.8. The number of hydrogen-bond acceptors (Lipinski definition) is 2. The molecule has 140 valence electrons. The normalized spacial score (nSPS) is 42.9. The van der Waals surface area contributed by atoms with Crippen LogP contribution < -0.4 is 0 Å². The molecule has 1 amide bonds. The lowest BCUT2D eigenvalue weighted by Gasteiger charge is -2.66. The van der Waals surface area contributed by atoms with Gasteiger partial charge in [-0.25, -0.2) is 0 Å². The minimum absolute atomic E-state index is 0.0432. The van der Waals surface area contributed by atoms with Crippen LogP contribution in [0.25, 0.3) is 0 Å². The summed E-state index contributed by atoms with van der Waals surface area (Å²) in [7, 11) is 0. The van der Waals surface area contributed by atoms with E-state index in [0.717, 1.165) is 37.7 Å². The molecule has 3 atom stereocenters. The molecule has 5 fully saturated rings. The van der Waals surface area contributed by atoms with Crippen LogP contribution in [-0.4, -0.2) is 27.6 Å². The van der Waals surface area contributed by atoms with E-state index in [2.05, 4.69) is 4.90 Å². The van der Waals surface area contributed by atoms with Gasteiger partial charge in [0.1, 0.15) is 0 Å². The van der Waals surface area contributed by atoms with Gasteiger partial charge in [-0.1, -0.05) is 35.3 Å². The summed E-state index contributed by atoms with van der Waals surface area (Å²) in [5, 5.41) is 12.0. The van der Waals surface area contributed by atoms with Gasteiger partial charge in [-0.15, -0.1) is 0 Å². The molecular formula is C21H25Cl2NO2. The molecular weight excluding hydrogens is 369 g/mol. The van der Waals surface area contributed by atoms with Gasteiger partial charge in [0.2, 0.25) is 5.91 Å². The Hall–Kier alpha value is -0.770. The minimum Gasteiger partial charge on any atom is -0.390 e. The lowest BCUT2D eigenvalue weighted by Crippen LogP contribution is -2.71. The zero-order valence-electron chi connectivity index (χ0n) is 15.2. The summed E-state index contributed by atoms with van der Waals surface area (Å²) in [4.78, 5) is 15.3. The third-order valence-electron chi connectivity index (χ3n) is 7.54. The number of hydrogen-bond donors (Lipinski definition) is 1. The van der Waals surface area contributed by atoms with Crippen molar-refractivity contribution in [3.8, 4) is 0 Å². The first-order valence-electron chi connectivity index (χ1n) is 9.70. The van der Waals surface area contributed by atoms with Gasteiger partial charge in [-0.05, 0) is 75.3 Å². The molecule has 6 rings (SSSR count). The van der Waals surface area contributed by atoms with Crippen LogP contribution in [0, 0.1) is 23.2 Å². The number of benzene rings is 1. The molecule has 0 radical (unpaired) electrons. The summed E-state index contributed by atoms with van der Waals surface area (Å²) in [5.74, 6) is 1.66. The predicted octanol–water partition coefficient (Wildman–Crippen LogP) is 4.84. The molecule has 1 aromatic carbocycles. The van der Waals surface area contributed by atoms with Crippen LogP contribution in [0.4, 0.5) is 0 Å². The van der Waals surface area contributed by atoms with E-state index in [9.17, 15) is 9.90 Å². The molecule has 3 nitrogen and oxygen atoms in total. The molecule has 0 spiro atoms. The van der Waals surface area contributed by atoms with E-state index < -0.39 is 11.0 Å². The Morgan fingerprint density at radius 3 is 2.38 bits per heavy atom. The molecule has 1 saturated heterocycles. The number of carbonyl (C=O) groups is 1. The highest BCUT2D eigenvalue weighted by Gasteiger charge is 2.64. The fourth-order valence-corrected chi connectivity index (χ4v) is 7.25. The first-order valence-corrected chi connectivity index (χ1v) is 10.5.